The molecule has 0 aromatic heterocycles. The van der Waals surface area contributed by atoms with Crippen molar-refractivity contribution in [2.45, 2.75) is 19.9 Å². The van der Waals surface area contributed by atoms with Crippen LogP contribution in [0.4, 0.5) is 5.69 Å². The molecule has 0 aliphatic rings. The SMILES string of the molecule is COc1ccc(OC)c(N(CC(=O)N[C@@H](C)COc2ccc(C)cc2)S(C)(=O)=O)c1. The van der Waals surface area contributed by atoms with Gasteiger partial charge in [0.1, 0.15) is 30.4 Å². The summed E-state index contributed by atoms with van der Waals surface area (Å²) >= 11 is 0. The fraction of sp³-hybridized carbons (Fsp3) is 0.381. The second-order valence-electron chi connectivity index (χ2n) is 6.90. The van der Waals surface area contributed by atoms with E-state index in [4.69, 9.17) is 14.2 Å². The highest BCUT2D eigenvalue weighted by Gasteiger charge is 2.25. The minimum atomic E-state index is -3.76. The van der Waals surface area contributed by atoms with Crippen LogP contribution in [0.25, 0.3) is 0 Å². The normalized spacial score (nSPS) is 12.0. The van der Waals surface area contributed by atoms with Crippen LogP contribution in [0.3, 0.4) is 0 Å². The summed E-state index contributed by atoms with van der Waals surface area (Å²) in [6.45, 7) is 3.61. The zero-order chi connectivity index (χ0) is 22.3. The number of hydrogen-bond acceptors (Lipinski definition) is 6. The third kappa shape index (κ3) is 6.55. The Bertz CT molecular complexity index is 960. The van der Waals surface area contributed by atoms with Crippen molar-refractivity contribution in [2.24, 2.45) is 0 Å². The highest BCUT2D eigenvalue weighted by atomic mass is 32.2. The van der Waals surface area contributed by atoms with Gasteiger partial charge in [-0.3, -0.25) is 9.10 Å². The summed E-state index contributed by atoms with van der Waals surface area (Å²) in [5.74, 6) is 0.982. The van der Waals surface area contributed by atoms with Gasteiger partial charge in [-0.2, -0.15) is 0 Å². The number of nitrogens with zero attached hydrogens (tertiary/aromatic N) is 1. The molecule has 1 atom stereocenters. The van der Waals surface area contributed by atoms with E-state index in [9.17, 15) is 13.2 Å². The summed E-state index contributed by atoms with van der Waals surface area (Å²) in [7, 11) is -0.862. The second-order valence-corrected chi connectivity index (χ2v) is 8.81. The minimum absolute atomic E-state index is 0.220. The number of benzene rings is 2. The maximum absolute atomic E-state index is 12.5. The van der Waals surface area contributed by atoms with Gasteiger partial charge in [-0.1, -0.05) is 17.7 Å². The van der Waals surface area contributed by atoms with Gasteiger partial charge in [0.05, 0.1) is 32.2 Å². The topological polar surface area (TPSA) is 94.2 Å². The zero-order valence-electron chi connectivity index (χ0n) is 17.8. The van der Waals surface area contributed by atoms with Crippen molar-refractivity contribution in [1.82, 2.24) is 5.32 Å². The van der Waals surface area contributed by atoms with Gasteiger partial charge in [0.2, 0.25) is 15.9 Å². The molecule has 0 aliphatic carbocycles. The molecule has 0 heterocycles. The van der Waals surface area contributed by atoms with Crippen molar-refractivity contribution < 1.29 is 27.4 Å². The fourth-order valence-corrected chi connectivity index (χ4v) is 3.57. The molecule has 164 valence electrons. The molecule has 0 aliphatic heterocycles. The van der Waals surface area contributed by atoms with Crippen molar-refractivity contribution in [3.63, 3.8) is 0 Å². The van der Waals surface area contributed by atoms with E-state index >= 15 is 0 Å². The lowest BCUT2D eigenvalue weighted by molar-refractivity contribution is -0.120. The van der Waals surface area contributed by atoms with Gasteiger partial charge in [-0.25, -0.2) is 8.42 Å². The molecule has 9 heteroatoms. The van der Waals surface area contributed by atoms with Crippen LogP contribution in [0.15, 0.2) is 42.5 Å². The van der Waals surface area contributed by atoms with E-state index in [-0.39, 0.29) is 18.3 Å². The van der Waals surface area contributed by atoms with Crippen LogP contribution < -0.4 is 23.8 Å². The predicted molar refractivity (Wildman–Crippen MR) is 116 cm³/mol. The highest BCUT2D eigenvalue weighted by molar-refractivity contribution is 7.92. The van der Waals surface area contributed by atoms with E-state index in [0.717, 1.165) is 16.1 Å². The molecular weight excluding hydrogens is 408 g/mol. The van der Waals surface area contributed by atoms with Gasteiger partial charge in [0.15, 0.2) is 0 Å². The Hall–Kier alpha value is -2.94. The van der Waals surface area contributed by atoms with Crippen molar-refractivity contribution in [3.05, 3.63) is 48.0 Å². The largest absolute Gasteiger partial charge is 0.497 e. The molecule has 2 aromatic rings. The summed E-state index contributed by atoms with van der Waals surface area (Å²) in [5, 5.41) is 2.76. The number of anilines is 1. The van der Waals surface area contributed by atoms with Crippen LogP contribution >= 0.6 is 0 Å². The monoisotopic (exact) mass is 436 g/mol. The summed E-state index contributed by atoms with van der Waals surface area (Å²) in [5.41, 5.74) is 1.34. The van der Waals surface area contributed by atoms with Crippen LogP contribution in [0.1, 0.15) is 12.5 Å². The first-order valence-electron chi connectivity index (χ1n) is 9.32. The van der Waals surface area contributed by atoms with Crippen LogP contribution in [0, 0.1) is 6.92 Å². The lowest BCUT2D eigenvalue weighted by Crippen LogP contribution is -2.45. The molecule has 0 fully saturated rings. The Kier molecular flexibility index (Phi) is 7.93. The van der Waals surface area contributed by atoms with Crippen LogP contribution in [-0.4, -0.2) is 54.0 Å². The van der Waals surface area contributed by atoms with E-state index in [2.05, 4.69) is 5.32 Å². The number of sulfonamides is 1. The zero-order valence-corrected chi connectivity index (χ0v) is 18.7. The average Bonchev–Trinajstić information content (AvgIpc) is 2.70. The van der Waals surface area contributed by atoms with E-state index in [0.29, 0.717) is 17.2 Å². The summed E-state index contributed by atoms with van der Waals surface area (Å²) in [6.07, 6.45) is 1.03. The number of methoxy groups -OCH3 is 2. The van der Waals surface area contributed by atoms with Gasteiger partial charge in [-0.05, 0) is 38.1 Å². The molecule has 30 heavy (non-hydrogen) atoms. The number of rotatable bonds is 10. The van der Waals surface area contributed by atoms with Gasteiger partial charge >= 0.3 is 0 Å². The third-order valence-corrected chi connectivity index (χ3v) is 5.40. The van der Waals surface area contributed by atoms with Gasteiger partial charge in [-0.15, -0.1) is 0 Å². The molecule has 2 rings (SSSR count). The molecule has 0 unspecified atom stereocenters. The van der Waals surface area contributed by atoms with Gasteiger partial charge in [0.25, 0.3) is 0 Å². The van der Waals surface area contributed by atoms with Crippen molar-refractivity contribution in [2.75, 3.05) is 37.9 Å². The van der Waals surface area contributed by atoms with Crippen LogP contribution in [0.2, 0.25) is 0 Å². The molecule has 0 radical (unpaired) electrons. The molecular formula is C21H28N2O6S. The lowest BCUT2D eigenvalue weighted by atomic mass is 10.2. The minimum Gasteiger partial charge on any atom is -0.497 e. The average molecular weight is 437 g/mol. The van der Waals surface area contributed by atoms with Crippen molar-refractivity contribution in [1.29, 1.82) is 0 Å². The van der Waals surface area contributed by atoms with Crippen LogP contribution in [0.5, 0.6) is 17.2 Å². The summed E-state index contributed by atoms with van der Waals surface area (Å²) in [6, 6.07) is 12.0. The lowest BCUT2D eigenvalue weighted by Gasteiger charge is -2.25. The number of nitrogens with one attached hydrogen (secondary N) is 1. The Balaban J connectivity index is 2.08. The third-order valence-electron chi connectivity index (χ3n) is 4.27. The fourth-order valence-electron chi connectivity index (χ4n) is 2.72. The van der Waals surface area contributed by atoms with E-state index in [1.165, 1.54) is 20.3 Å². The van der Waals surface area contributed by atoms with Crippen molar-refractivity contribution >= 4 is 21.6 Å². The molecule has 1 N–H and O–H groups in total. The summed E-state index contributed by atoms with van der Waals surface area (Å²) in [4.78, 5) is 12.5. The number of ether oxygens (including phenoxy) is 3. The Morgan fingerprint density at radius 3 is 2.27 bits per heavy atom. The molecule has 2 aromatic carbocycles. The van der Waals surface area contributed by atoms with E-state index in [1.807, 2.05) is 31.2 Å². The van der Waals surface area contributed by atoms with Crippen molar-refractivity contribution in [3.8, 4) is 17.2 Å². The van der Waals surface area contributed by atoms with Crippen LogP contribution in [-0.2, 0) is 14.8 Å². The number of hydrogen-bond donors (Lipinski definition) is 1. The number of aryl methyl sites for hydroxylation is 1. The maximum atomic E-state index is 12.5. The maximum Gasteiger partial charge on any atom is 0.241 e. The first-order chi connectivity index (χ1) is 14.1. The first kappa shape index (κ1) is 23.3. The Labute approximate surface area is 177 Å². The molecule has 0 saturated heterocycles. The van der Waals surface area contributed by atoms with E-state index in [1.54, 1.807) is 19.1 Å². The first-order valence-corrected chi connectivity index (χ1v) is 11.2. The molecule has 0 saturated carbocycles. The quantitative estimate of drug-likeness (QED) is 0.615. The molecule has 0 spiro atoms. The van der Waals surface area contributed by atoms with Gasteiger partial charge in [0, 0.05) is 6.07 Å². The van der Waals surface area contributed by atoms with E-state index < -0.39 is 22.5 Å². The standard InChI is InChI=1S/C21H28N2O6S/c1-15-6-8-17(9-7-15)29-14-16(2)22-21(24)13-23(30(5,25)26)19-12-18(27-3)10-11-20(19)28-4/h6-12,16H,13-14H2,1-5H3,(H,22,24)/t16-/m0/s1. The molecule has 8 nitrogen and oxygen atoms in total. The Morgan fingerprint density at radius 1 is 1.07 bits per heavy atom. The predicted octanol–water partition coefficient (Wildman–Crippen LogP) is 2.36. The molecule has 1 amide bonds. The van der Waals surface area contributed by atoms with Gasteiger partial charge < -0.3 is 19.5 Å². The smallest absolute Gasteiger partial charge is 0.241 e. The number of amides is 1. The molecule has 0 bridgehead atoms. The Morgan fingerprint density at radius 2 is 1.70 bits per heavy atom. The second kappa shape index (κ2) is 10.2. The summed E-state index contributed by atoms with van der Waals surface area (Å²) < 4.78 is 41.9. The number of carbonyl (C=O) groups is 1. The highest BCUT2D eigenvalue weighted by Crippen LogP contribution is 2.33. The number of carbonyl (C=O) groups excluding carboxylic acids is 1.